The van der Waals surface area contributed by atoms with E-state index >= 15 is 0 Å². The number of anilines is 1. The van der Waals surface area contributed by atoms with Crippen LogP contribution in [0.4, 0.5) is 10.1 Å². The first-order valence-electron chi connectivity index (χ1n) is 8.21. The van der Waals surface area contributed by atoms with Gasteiger partial charge in [-0.3, -0.25) is 4.79 Å². The fourth-order valence-electron chi connectivity index (χ4n) is 3.48. The lowest BCUT2D eigenvalue weighted by molar-refractivity contribution is -0.158. The van der Waals surface area contributed by atoms with Gasteiger partial charge in [0.25, 0.3) is 5.91 Å². The highest BCUT2D eigenvalue weighted by Gasteiger charge is 2.43. The van der Waals surface area contributed by atoms with Gasteiger partial charge in [0, 0.05) is 33.3 Å². The quantitative estimate of drug-likeness (QED) is 0.853. The minimum atomic E-state index is -0.689. The third kappa shape index (κ3) is 4.56. The van der Waals surface area contributed by atoms with Crippen LogP contribution in [0, 0.1) is 5.82 Å². The molecule has 142 valence electrons. The van der Waals surface area contributed by atoms with Crippen molar-refractivity contribution >= 4 is 36.4 Å². The van der Waals surface area contributed by atoms with Gasteiger partial charge in [-0.25, -0.2) is 4.39 Å². The molecular weight excluding hydrogens is 368 g/mol. The third-order valence-electron chi connectivity index (χ3n) is 4.95. The highest BCUT2D eigenvalue weighted by Crippen LogP contribution is 2.27. The molecule has 0 unspecified atom stereocenters. The topological polar surface area (TPSA) is 44.8 Å². The monoisotopic (exact) mass is 393 g/mol. The summed E-state index contributed by atoms with van der Waals surface area (Å²) in [5.74, 6) is -0.131. The van der Waals surface area contributed by atoms with E-state index in [0.717, 1.165) is 13.1 Å². The number of benzene rings is 1. The summed E-state index contributed by atoms with van der Waals surface area (Å²) in [4.78, 5) is 16.8. The van der Waals surface area contributed by atoms with E-state index < -0.39 is 5.60 Å². The van der Waals surface area contributed by atoms with Gasteiger partial charge in [0.15, 0.2) is 0 Å². The van der Waals surface area contributed by atoms with E-state index in [-0.39, 0.29) is 36.5 Å². The maximum absolute atomic E-state index is 13.9. The standard InChI is InChI=1S/C17H24FN3O2.2ClH/c1-23-17(6-8-19-9-7-17)16(22)21-12-10-20(11-13-21)15-5-3-2-4-14(15)18;;/h2-5,19H,6-13H2,1H3;2*1H. The number of hydrogen-bond acceptors (Lipinski definition) is 4. The Labute approximate surface area is 160 Å². The number of piperazine rings is 1. The molecule has 5 nitrogen and oxygen atoms in total. The molecule has 2 saturated heterocycles. The Hall–Kier alpha value is -1.08. The number of nitrogens with zero attached hydrogens (tertiary/aromatic N) is 2. The van der Waals surface area contributed by atoms with Crippen molar-refractivity contribution < 1.29 is 13.9 Å². The summed E-state index contributed by atoms with van der Waals surface area (Å²) in [5, 5.41) is 3.27. The van der Waals surface area contributed by atoms with Crippen molar-refractivity contribution in [2.24, 2.45) is 0 Å². The van der Waals surface area contributed by atoms with Crippen molar-refractivity contribution in [3.63, 3.8) is 0 Å². The Balaban J connectivity index is 0.00000156. The Bertz CT molecular complexity index is 563. The van der Waals surface area contributed by atoms with E-state index in [1.54, 1.807) is 19.2 Å². The lowest BCUT2D eigenvalue weighted by atomic mass is 9.90. The van der Waals surface area contributed by atoms with Gasteiger partial charge in [-0.05, 0) is 38.1 Å². The maximum Gasteiger partial charge on any atom is 0.255 e. The first-order chi connectivity index (χ1) is 11.2. The van der Waals surface area contributed by atoms with Crippen LogP contribution in [0.3, 0.4) is 0 Å². The zero-order valence-corrected chi connectivity index (χ0v) is 16.0. The fraction of sp³-hybridized carbons (Fsp3) is 0.588. The number of para-hydroxylation sites is 1. The van der Waals surface area contributed by atoms with E-state index in [1.807, 2.05) is 15.9 Å². The van der Waals surface area contributed by atoms with Crippen LogP contribution < -0.4 is 10.2 Å². The molecule has 1 aromatic carbocycles. The van der Waals surface area contributed by atoms with Crippen molar-refractivity contribution in [2.75, 3.05) is 51.3 Å². The molecule has 1 N–H and O–H groups in total. The van der Waals surface area contributed by atoms with Crippen LogP contribution >= 0.6 is 24.8 Å². The van der Waals surface area contributed by atoms with Gasteiger partial charge in [-0.15, -0.1) is 24.8 Å². The molecule has 25 heavy (non-hydrogen) atoms. The van der Waals surface area contributed by atoms with E-state index in [2.05, 4.69) is 5.32 Å². The van der Waals surface area contributed by atoms with Gasteiger partial charge in [-0.1, -0.05) is 12.1 Å². The number of carbonyl (C=O) groups excluding carboxylic acids is 1. The van der Waals surface area contributed by atoms with Crippen molar-refractivity contribution in [3.8, 4) is 0 Å². The molecule has 0 atom stereocenters. The summed E-state index contributed by atoms with van der Waals surface area (Å²) in [6.45, 7) is 4.09. The normalized spacial score (nSPS) is 19.6. The maximum atomic E-state index is 13.9. The minimum Gasteiger partial charge on any atom is -0.368 e. The second-order valence-corrected chi connectivity index (χ2v) is 6.18. The molecule has 0 aliphatic carbocycles. The number of carbonyl (C=O) groups is 1. The third-order valence-corrected chi connectivity index (χ3v) is 4.95. The molecule has 0 saturated carbocycles. The predicted octanol–water partition coefficient (Wildman–Crippen LogP) is 2.09. The van der Waals surface area contributed by atoms with Crippen molar-refractivity contribution in [1.29, 1.82) is 0 Å². The SMILES string of the molecule is COC1(C(=O)N2CCN(c3ccccc3F)CC2)CCNCC1.Cl.Cl. The number of halogens is 3. The first kappa shape index (κ1) is 22.0. The Morgan fingerprint density at radius 1 is 1.12 bits per heavy atom. The van der Waals surface area contributed by atoms with Gasteiger partial charge in [0.1, 0.15) is 11.4 Å². The number of ether oxygens (including phenoxy) is 1. The van der Waals surface area contributed by atoms with E-state index in [4.69, 9.17) is 4.74 Å². The highest BCUT2D eigenvalue weighted by molar-refractivity contribution is 5.86. The van der Waals surface area contributed by atoms with Gasteiger partial charge >= 0.3 is 0 Å². The fourth-order valence-corrected chi connectivity index (χ4v) is 3.48. The molecule has 0 bridgehead atoms. The zero-order valence-electron chi connectivity index (χ0n) is 14.4. The van der Waals surface area contributed by atoms with Crippen molar-refractivity contribution in [2.45, 2.75) is 18.4 Å². The van der Waals surface area contributed by atoms with Crippen molar-refractivity contribution in [3.05, 3.63) is 30.1 Å². The predicted molar refractivity (Wildman–Crippen MR) is 102 cm³/mol. The summed E-state index contributed by atoms with van der Waals surface area (Å²) in [6, 6.07) is 6.79. The Morgan fingerprint density at radius 3 is 2.28 bits per heavy atom. The van der Waals surface area contributed by atoms with Gasteiger partial charge in [0.05, 0.1) is 5.69 Å². The molecule has 3 rings (SSSR count). The van der Waals surface area contributed by atoms with E-state index in [1.165, 1.54) is 6.07 Å². The molecule has 2 heterocycles. The number of amides is 1. The second kappa shape index (κ2) is 9.57. The molecular formula is C17H26Cl2FN3O2. The number of methoxy groups -OCH3 is 1. The van der Waals surface area contributed by atoms with Crippen LogP contribution in [-0.2, 0) is 9.53 Å². The summed E-state index contributed by atoms with van der Waals surface area (Å²) < 4.78 is 19.5. The molecule has 2 aliphatic heterocycles. The minimum absolute atomic E-state index is 0. The van der Waals surface area contributed by atoms with Crippen LogP contribution in [0.15, 0.2) is 24.3 Å². The lowest BCUT2D eigenvalue weighted by Gasteiger charge is -2.42. The molecule has 0 spiro atoms. The average molecular weight is 394 g/mol. The summed E-state index contributed by atoms with van der Waals surface area (Å²) in [7, 11) is 1.62. The lowest BCUT2D eigenvalue weighted by Crippen LogP contribution is -2.59. The van der Waals surface area contributed by atoms with Gasteiger partial charge < -0.3 is 19.9 Å². The Morgan fingerprint density at radius 2 is 1.72 bits per heavy atom. The molecule has 2 aliphatic rings. The van der Waals surface area contributed by atoms with E-state index in [0.29, 0.717) is 44.7 Å². The summed E-state index contributed by atoms with van der Waals surface area (Å²) in [6.07, 6.45) is 1.41. The van der Waals surface area contributed by atoms with Crippen LogP contribution in [0.2, 0.25) is 0 Å². The molecule has 1 aromatic rings. The highest BCUT2D eigenvalue weighted by atomic mass is 35.5. The molecule has 1 amide bonds. The molecule has 0 aromatic heterocycles. The number of rotatable bonds is 3. The number of piperidine rings is 1. The van der Waals surface area contributed by atoms with Crippen LogP contribution in [0.1, 0.15) is 12.8 Å². The Kier molecular flexibility index (Phi) is 8.41. The summed E-state index contributed by atoms with van der Waals surface area (Å²) >= 11 is 0. The number of nitrogens with one attached hydrogen (secondary N) is 1. The molecule has 8 heteroatoms. The largest absolute Gasteiger partial charge is 0.368 e. The van der Waals surface area contributed by atoms with Gasteiger partial charge in [0.2, 0.25) is 0 Å². The van der Waals surface area contributed by atoms with Crippen LogP contribution in [0.25, 0.3) is 0 Å². The van der Waals surface area contributed by atoms with Crippen LogP contribution in [-0.4, -0.2) is 62.8 Å². The number of hydrogen-bond donors (Lipinski definition) is 1. The first-order valence-corrected chi connectivity index (χ1v) is 8.21. The average Bonchev–Trinajstić information content (AvgIpc) is 2.62. The van der Waals surface area contributed by atoms with Crippen molar-refractivity contribution in [1.82, 2.24) is 10.2 Å². The smallest absolute Gasteiger partial charge is 0.255 e. The molecule has 0 radical (unpaired) electrons. The summed E-state index contributed by atoms with van der Waals surface area (Å²) in [5.41, 5.74) is -0.0753. The van der Waals surface area contributed by atoms with Crippen LogP contribution in [0.5, 0.6) is 0 Å². The molecule has 2 fully saturated rings. The second-order valence-electron chi connectivity index (χ2n) is 6.18. The van der Waals surface area contributed by atoms with E-state index in [9.17, 15) is 9.18 Å². The van der Waals surface area contributed by atoms with Gasteiger partial charge in [-0.2, -0.15) is 0 Å². The zero-order chi connectivity index (χ0) is 16.3.